The summed E-state index contributed by atoms with van der Waals surface area (Å²) < 4.78 is 16.1. The normalized spacial score (nSPS) is 11.0. The number of non-ortho nitro benzene ring substituents is 1. The molecule has 0 aliphatic carbocycles. The summed E-state index contributed by atoms with van der Waals surface area (Å²) in [6, 6.07) is 16.8. The Morgan fingerprint density at radius 2 is 1.56 bits per heavy atom. The molecule has 3 rings (SSSR count). The lowest BCUT2D eigenvalue weighted by atomic mass is 10.1. The second kappa shape index (κ2) is 11.4. The quantitative estimate of drug-likeness (QED) is 0.125. The van der Waals surface area contributed by atoms with Crippen LogP contribution in [-0.4, -0.2) is 38.3 Å². The van der Waals surface area contributed by atoms with E-state index >= 15 is 0 Å². The van der Waals surface area contributed by atoms with Gasteiger partial charge in [-0.2, -0.15) is 0 Å². The number of carbonyl (C=O) groups excluding carboxylic acids is 1. The predicted molar refractivity (Wildman–Crippen MR) is 132 cm³/mol. The first-order valence-electron chi connectivity index (χ1n) is 10.3. The third-order valence-corrected chi connectivity index (χ3v) is 4.94. The summed E-state index contributed by atoms with van der Waals surface area (Å²) >= 11 is 0. The third kappa shape index (κ3) is 6.07. The number of carbonyl (C=O) groups is 1. The topological polar surface area (TPSA) is 100 Å². The Morgan fingerprint density at radius 1 is 0.912 bits per heavy atom. The molecule has 0 saturated carbocycles. The van der Waals surface area contributed by atoms with Crippen LogP contribution in [0.3, 0.4) is 0 Å². The highest BCUT2D eigenvalue weighted by Crippen LogP contribution is 2.38. The van der Waals surface area contributed by atoms with Gasteiger partial charge in [0.05, 0.1) is 31.9 Å². The molecule has 174 valence electrons. The smallest absolute Gasteiger partial charge is 0.269 e. The summed E-state index contributed by atoms with van der Waals surface area (Å²) in [5.41, 5.74) is 2.84. The Balaban J connectivity index is 1.69. The second-order valence-corrected chi connectivity index (χ2v) is 7.13. The van der Waals surface area contributed by atoms with E-state index < -0.39 is 4.92 Å². The highest BCUT2D eigenvalue weighted by molar-refractivity contribution is 6.04. The number of ether oxygens (including phenoxy) is 3. The molecule has 0 N–H and O–H groups in total. The molecule has 0 heterocycles. The van der Waals surface area contributed by atoms with Crippen molar-refractivity contribution >= 4 is 35.5 Å². The number of nitrogens with zero attached hydrogens (tertiary/aromatic N) is 2. The van der Waals surface area contributed by atoms with Crippen LogP contribution in [0.15, 0.2) is 65.7 Å². The minimum absolute atomic E-state index is 0.0541. The molecule has 34 heavy (non-hydrogen) atoms. The Bertz CT molecular complexity index is 1210. The van der Waals surface area contributed by atoms with Gasteiger partial charge in [0, 0.05) is 30.3 Å². The summed E-state index contributed by atoms with van der Waals surface area (Å²) in [5.74, 6) is 1.49. The first-order chi connectivity index (χ1) is 16.4. The van der Waals surface area contributed by atoms with Gasteiger partial charge >= 0.3 is 0 Å². The second-order valence-electron chi connectivity index (χ2n) is 7.13. The standard InChI is InChI=1S/C26H24N2O6/c1-32-24-16-19(17-25(33-2)26(24)34-3)8-7-18-5-4-6-21(15-18)27-14-13-23(29)20-9-11-22(12-10-20)28(30)31/h4-12,14-17H,13H2,1-3H3/b8-7-,27-14?. The molecule has 0 aliphatic heterocycles. The Morgan fingerprint density at radius 3 is 2.15 bits per heavy atom. The largest absolute Gasteiger partial charge is 0.493 e. The number of benzene rings is 3. The van der Waals surface area contributed by atoms with Gasteiger partial charge in [-0.05, 0) is 47.5 Å². The molecule has 0 bridgehead atoms. The minimum atomic E-state index is -0.501. The van der Waals surface area contributed by atoms with E-state index in [0.717, 1.165) is 11.1 Å². The lowest BCUT2D eigenvalue weighted by Crippen LogP contribution is -1.99. The lowest BCUT2D eigenvalue weighted by Gasteiger charge is -2.12. The number of Topliss-reactive ketones (excluding diaryl/α,β-unsaturated/α-hetero) is 1. The van der Waals surface area contributed by atoms with Crippen molar-refractivity contribution in [2.24, 2.45) is 4.99 Å². The molecule has 0 radical (unpaired) electrons. The Kier molecular flexibility index (Phi) is 8.12. The maximum atomic E-state index is 12.3. The number of hydrogen-bond acceptors (Lipinski definition) is 7. The van der Waals surface area contributed by atoms with Crippen molar-refractivity contribution < 1.29 is 23.9 Å². The molecule has 0 amide bonds. The van der Waals surface area contributed by atoms with Gasteiger partial charge in [0.15, 0.2) is 17.3 Å². The van der Waals surface area contributed by atoms with Gasteiger partial charge < -0.3 is 14.2 Å². The average Bonchev–Trinajstić information content (AvgIpc) is 2.86. The SMILES string of the molecule is COc1cc(/C=C\c2cccc(N=CCC(=O)c3ccc([N+](=O)[O-])cc3)c2)cc(OC)c1OC. The average molecular weight is 460 g/mol. The fourth-order valence-corrected chi connectivity index (χ4v) is 3.22. The molecule has 3 aromatic carbocycles. The maximum Gasteiger partial charge on any atom is 0.269 e. The zero-order valence-corrected chi connectivity index (χ0v) is 19.1. The number of nitro groups is 1. The van der Waals surface area contributed by atoms with E-state index in [1.54, 1.807) is 21.3 Å². The van der Waals surface area contributed by atoms with Crippen LogP contribution in [0, 0.1) is 10.1 Å². The predicted octanol–water partition coefficient (Wildman–Crippen LogP) is 5.77. The van der Waals surface area contributed by atoms with Crippen LogP contribution in [0.1, 0.15) is 27.9 Å². The van der Waals surface area contributed by atoms with Crippen LogP contribution in [0.5, 0.6) is 17.2 Å². The highest BCUT2D eigenvalue weighted by Gasteiger charge is 2.12. The summed E-state index contributed by atoms with van der Waals surface area (Å²) in [6.07, 6.45) is 5.47. The van der Waals surface area contributed by atoms with Crippen LogP contribution in [0.4, 0.5) is 11.4 Å². The summed E-state index contributed by atoms with van der Waals surface area (Å²) in [6.45, 7) is 0. The monoisotopic (exact) mass is 460 g/mol. The van der Waals surface area contributed by atoms with Crippen molar-refractivity contribution in [3.8, 4) is 17.2 Å². The van der Waals surface area contributed by atoms with E-state index in [1.807, 2.05) is 48.6 Å². The van der Waals surface area contributed by atoms with E-state index in [-0.39, 0.29) is 17.9 Å². The van der Waals surface area contributed by atoms with Crippen LogP contribution in [-0.2, 0) is 0 Å². The maximum absolute atomic E-state index is 12.3. The van der Waals surface area contributed by atoms with Crippen molar-refractivity contribution in [1.29, 1.82) is 0 Å². The summed E-state index contributed by atoms with van der Waals surface area (Å²) in [4.78, 5) is 26.9. The van der Waals surface area contributed by atoms with E-state index in [1.165, 1.54) is 30.5 Å². The molecule has 0 fully saturated rings. The van der Waals surface area contributed by atoms with Gasteiger partial charge in [-0.1, -0.05) is 24.3 Å². The van der Waals surface area contributed by atoms with Crippen LogP contribution in [0.25, 0.3) is 12.2 Å². The molecule has 0 unspecified atom stereocenters. The molecule has 0 aromatic heterocycles. The molecule has 8 nitrogen and oxygen atoms in total. The highest BCUT2D eigenvalue weighted by atomic mass is 16.6. The molecular weight excluding hydrogens is 436 g/mol. The van der Waals surface area contributed by atoms with Gasteiger partial charge in [-0.3, -0.25) is 19.9 Å². The number of hydrogen-bond donors (Lipinski definition) is 0. The van der Waals surface area contributed by atoms with Gasteiger partial charge in [-0.15, -0.1) is 0 Å². The molecule has 0 spiro atoms. The number of rotatable bonds is 10. The zero-order chi connectivity index (χ0) is 24.5. The van der Waals surface area contributed by atoms with Gasteiger partial charge in [0.25, 0.3) is 5.69 Å². The molecule has 0 saturated heterocycles. The number of ketones is 1. The zero-order valence-electron chi connectivity index (χ0n) is 19.1. The molecule has 0 atom stereocenters. The number of nitro benzene ring substituents is 1. The van der Waals surface area contributed by atoms with E-state index in [4.69, 9.17) is 14.2 Å². The summed E-state index contributed by atoms with van der Waals surface area (Å²) in [5, 5.41) is 10.7. The third-order valence-electron chi connectivity index (χ3n) is 4.94. The van der Waals surface area contributed by atoms with E-state index in [2.05, 4.69) is 4.99 Å². The van der Waals surface area contributed by atoms with Crippen molar-refractivity contribution in [2.75, 3.05) is 21.3 Å². The van der Waals surface area contributed by atoms with Crippen molar-refractivity contribution in [3.63, 3.8) is 0 Å². The number of methoxy groups -OCH3 is 3. The summed E-state index contributed by atoms with van der Waals surface area (Å²) in [7, 11) is 4.69. The Labute approximate surface area is 197 Å². The minimum Gasteiger partial charge on any atom is -0.493 e. The van der Waals surface area contributed by atoms with Crippen LogP contribution >= 0.6 is 0 Å². The lowest BCUT2D eigenvalue weighted by molar-refractivity contribution is -0.384. The van der Waals surface area contributed by atoms with E-state index in [9.17, 15) is 14.9 Å². The molecule has 0 aliphatic rings. The fourth-order valence-electron chi connectivity index (χ4n) is 3.22. The van der Waals surface area contributed by atoms with Gasteiger partial charge in [-0.25, -0.2) is 0 Å². The van der Waals surface area contributed by atoms with Crippen molar-refractivity contribution in [1.82, 2.24) is 0 Å². The van der Waals surface area contributed by atoms with Crippen LogP contribution < -0.4 is 14.2 Å². The van der Waals surface area contributed by atoms with Gasteiger partial charge in [0.1, 0.15) is 0 Å². The fraction of sp³-hybridized carbons (Fsp3) is 0.154. The number of aliphatic imine (C=N–C) groups is 1. The van der Waals surface area contributed by atoms with Crippen LogP contribution in [0.2, 0.25) is 0 Å². The van der Waals surface area contributed by atoms with Crippen molar-refractivity contribution in [2.45, 2.75) is 6.42 Å². The van der Waals surface area contributed by atoms with Gasteiger partial charge in [0.2, 0.25) is 5.75 Å². The molecular formula is C26H24N2O6. The first-order valence-corrected chi connectivity index (χ1v) is 10.3. The Hall–Kier alpha value is -4.46. The molecule has 3 aromatic rings. The van der Waals surface area contributed by atoms with E-state index in [0.29, 0.717) is 28.5 Å². The first kappa shape index (κ1) is 24.2. The van der Waals surface area contributed by atoms with Crippen molar-refractivity contribution in [3.05, 3.63) is 87.5 Å². The molecule has 8 heteroatoms.